The van der Waals surface area contributed by atoms with Crippen LogP contribution in [0.15, 0.2) is 29.3 Å². The highest BCUT2D eigenvalue weighted by molar-refractivity contribution is 6.28. The molecule has 0 radical (unpaired) electrons. The van der Waals surface area contributed by atoms with Gasteiger partial charge in [0.05, 0.1) is 4.92 Å². The molecule has 1 aromatic rings. The number of carbonyl (C=O) groups excluding carboxylic acids is 2. The van der Waals surface area contributed by atoms with Gasteiger partial charge in [0.15, 0.2) is 0 Å². The number of likely N-dealkylation sites (N-methyl/N-ethyl adjacent to an activating group) is 1. The van der Waals surface area contributed by atoms with E-state index in [0.29, 0.717) is 5.56 Å². The largest absolute Gasteiger partial charge is 0.473 e. The minimum absolute atomic E-state index is 0.0166. The Labute approximate surface area is 136 Å². The van der Waals surface area contributed by atoms with Crippen molar-refractivity contribution in [3.05, 3.63) is 39.9 Å². The Balaban J connectivity index is 3.05. The first kappa shape index (κ1) is 18.9. The molecule has 1 atom stereocenters. The average molecular weight is 338 g/mol. The smallest absolute Gasteiger partial charge is 0.473 e. The van der Waals surface area contributed by atoms with Crippen molar-refractivity contribution >= 4 is 23.7 Å². The van der Waals surface area contributed by atoms with Crippen LogP contribution in [-0.4, -0.2) is 52.3 Å². The summed E-state index contributed by atoms with van der Waals surface area (Å²) in [5, 5.41) is 19.4. The Morgan fingerprint density at radius 1 is 1.38 bits per heavy atom. The van der Waals surface area contributed by atoms with Gasteiger partial charge in [-0.25, -0.2) is 14.4 Å². The van der Waals surface area contributed by atoms with E-state index in [0.717, 1.165) is 0 Å². The Kier molecular flexibility index (Phi) is 6.72. The highest BCUT2D eigenvalue weighted by atomic mass is 16.8. The molecule has 0 spiro atoms. The van der Waals surface area contributed by atoms with Crippen LogP contribution in [0, 0.1) is 10.1 Å². The van der Waals surface area contributed by atoms with Crippen molar-refractivity contribution in [2.45, 2.75) is 13.5 Å². The number of rotatable bonds is 8. The topological polar surface area (TPSA) is 136 Å². The van der Waals surface area contributed by atoms with Crippen LogP contribution in [0.4, 0.5) is 5.69 Å². The lowest BCUT2D eigenvalue weighted by molar-refractivity contribution is -1.10. The van der Waals surface area contributed by atoms with Gasteiger partial charge in [-0.1, -0.05) is 0 Å². The molecule has 10 heteroatoms. The van der Waals surface area contributed by atoms with Gasteiger partial charge in [-0.15, -0.1) is 4.65 Å². The van der Waals surface area contributed by atoms with Crippen LogP contribution in [0.2, 0.25) is 0 Å². The SMILES string of the molecule is CC[N+](CCN=C=O)(Cc1ccc([N+](=O)[O-])cc1)OC(=O)C(=O)O. The van der Waals surface area contributed by atoms with Gasteiger partial charge in [-0.05, 0) is 19.1 Å². The fourth-order valence-electron chi connectivity index (χ4n) is 2.04. The minimum Gasteiger partial charge on any atom is -0.473 e. The highest BCUT2D eigenvalue weighted by Gasteiger charge is 2.34. The van der Waals surface area contributed by atoms with E-state index in [9.17, 15) is 24.5 Å². The molecule has 0 aliphatic heterocycles. The Morgan fingerprint density at radius 2 is 2.00 bits per heavy atom. The molecule has 1 N–H and O–H groups in total. The molecule has 1 rings (SSSR count). The molecule has 128 valence electrons. The number of benzene rings is 1. The van der Waals surface area contributed by atoms with E-state index in [1.165, 1.54) is 30.3 Å². The number of nitro benzene ring substituents is 1. The highest BCUT2D eigenvalue weighted by Crippen LogP contribution is 2.19. The van der Waals surface area contributed by atoms with Gasteiger partial charge in [-0.2, -0.15) is 4.99 Å². The second kappa shape index (κ2) is 8.51. The van der Waals surface area contributed by atoms with Gasteiger partial charge in [0, 0.05) is 17.7 Å². The number of aliphatic imine (C=N–C) groups is 1. The molecule has 0 heterocycles. The first-order valence-electron chi connectivity index (χ1n) is 6.93. The first-order chi connectivity index (χ1) is 11.3. The lowest BCUT2D eigenvalue weighted by Crippen LogP contribution is -2.51. The number of hydrogen-bond acceptors (Lipinski definition) is 7. The van der Waals surface area contributed by atoms with Crippen LogP contribution < -0.4 is 0 Å². The molecule has 0 fully saturated rings. The maximum Gasteiger partial charge on any atom is 0.473 e. The Hall–Kier alpha value is -3.10. The van der Waals surface area contributed by atoms with Gasteiger partial charge in [0.25, 0.3) is 5.69 Å². The third kappa shape index (κ3) is 5.27. The molecular weight excluding hydrogens is 322 g/mol. The fraction of sp³-hybridized carbons (Fsp3) is 0.357. The second-order valence-electron chi connectivity index (χ2n) is 4.84. The van der Waals surface area contributed by atoms with Gasteiger partial charge in [-0.3, -0.25) is 15.0 Å². The summed E-state index contributed by atoms with van der Waals surface area (Å²) >= 11 is 0. The van der Waals surface area contributed by atoms with E-state index >= 15 is 0 Å². The second-order valence-corrected chi connectivity index (χ2v) is 4.84. The third-order valence-electron chi connectivity index (χ3n) is 3.33. The molecule has 0 amide bonds. The van der Waals surface area contributed by atoms with Gasteiger partial charge < -0.3 is 5.11 Å². The average Bonchev–Trinajstić information content (AvgIpc) is 2.55. The molecule has 0 bridgehead atoms. The molecule has 24 heavy (non-hydrogen) atoms. The number of carboxylic acids is 1. The van der Waals surface area contributed by atoms with Crippen molar-refractivity contribution in [3.63, 3.8) is 0 Å². The van der Waals surface area contributed by atoms with Crippen molar-refractivity contribution < 1.29 is 33.9 Å². The molecular formula is C14H16N3O7+. The first-order valence-corrected chi connectivity index (χ1v) is 6.93. The Bertz CT molecular complexity index is 667. The van der Waals surface area contributed by atoms with Crippen LogP contribution in [0.1, 0.15) is 12.5 Å². The number of quaternary nitrogens is 1. The van der Waals surface area contributed by atoms with E-state index in [1.807, 2.05) is 0 Å². The number of hydroxylamine groups is 3. The molecule has 0 aliphatic rings. The standard InChI is InChI=1S/C14H15N3O7/c1-2-17(8-7-15-10-18,24-14(21)13(19)20)9-11-3-5-12(6-4-11)16(22)23/h3-6H,2,7-9H2,1H3/p+1. The van der Waals surface area contributed by atoms with Gasteiger partial charge in [0.2, 0.25) is 6.08 Å². The minimum atomic E-state index is -1.74. The molecule has 0 aliphatic carbocycles. The lowest BCUT2D eigenvalue weighted by Gasteiger charge is -2.32. The maximum absolute atomic E-state index is 11.4. The molecule has 0 saturated heterocycles. The third-order valence-corrected chi connectivity index (χ3v) is 3.33. The quantitative estimate of drug-likeness (QED) is 0.185. The molecule has 10 nitrogen and oxygen atoms in total. The van der Waals surface area contributed by atoms with E-state index in [-0.39, 0.29) is 31.9 Å². The van der Waals surface area contributed by atoms with Gasteiger partial charge in [0.1, 0.15) is 26.2 Å². The van der Waals surface area contributed by atoms with Crippen LogP contribution in [0.5, 0.6) is 0 Å². The summed E-state index contributed by atoms with van der Waals surface area (Å²) in [4.78, 5) is 51.0. The number of hydrogen-bond donors (Lipinski definition) is 1. The zero-order valence-electron chi connectivity index (χ0n) is 12.9. The van der Waals surface area contributed by atoms with E-state index in [1.54, 1.807) is 6.92 Å². The number of non-ortho nitro benzene ring substituents is 1. The number of carbonyl (C=O) groups is 2. The maximum atomic E-state index is 11.4. The number of aliphatic carboxylic acids is 1. The molecule has 0 aromatic heterocycles. The summed E-state index contributed by atoms with van der Waals surface area (Å²) in [6, 6.07) is 5.56. The van der Waals surface area contributed by atoms with Crippen molar-refractivity contribution in [2.75, 3.05) is 19.6 Å². The molecule has 1 unspecified atom stereocenters. The summed E-state index contributed by atoms with van der Waals surface area (Å²) in [5.41, 5.74) is 0.497. The predicted molar refractivity (Wildman–Crippen MR) is 79.2 cm³/mol. The van der Waals surface area contributed by atoms with Crippen LogP contribution in [0.3, 0.4) is 0 Å². The fourth-order valence-corrected chi connectivity index (χ4v) is 2.04. The van der Waals surface area contributed by atoms with E-state index < -0.39 is 21.5 Å². The number of nitrogens with zero attached hydrogens (tertiary/aromatic N) is 3. The Morgan fingerprint density at radius 3 is 2.46 bits per heavy atom. The number of carboxylic acid groups (broad SMARTS) is 1. The number of nitro groups is 1. The summed E-state index contributed by atoms with van der Waals surface area (Å²) < 4.78 is -0.422. The molecule has 0 saturated carbocycles. The summed E-state index contributed by atoms with van der Waals surface area (Å²) in [7, 11) is 0. The number of isocyanates is 1. The summed E-state index contributed by atoms with van der Waals surface area (Å²) in [6.07, 6.45) is 1.36. The van der Waals surface area contributed by atoms with Crippen molar-refractivity contribution in [3.8, 4) is 0 Å². The van der Waals surface area contributed by atoms with Crippen LogP contribution in [-0.2, 0) is 25.8 Å². The van der Waals surface area contributed by atoms with Crippen LogP contribution in [0.25, 0.3) is 0 Å². The predicted octanol–water partition coefficient (Wildman–Crippen LogP) is 0.810. The zero-order chi connectivity index (χ0) is 18.2. The molecule has 1 aromatic carbocycles. The van der Waals surface area contributed by atoms with Crippen molar-refractivity contribution in [2.24, 2.45) is 4.99 Å². The van der Waals surface area contributed by atoms with Gasteiger partial charge >= 0.3 is 11.9 Å². The van der Waals surface area contributed by atoms with Crippen LogP contribution >= 0.6 is 0 Å². The monoisotopic (exact) mass is 338 g/mol. The van der Waals surface area contributed by atoms with E-state index in [4.69, 9.17) is 9.94 Å². The zero-order valence-corrected chi connectivity index (χ0v) is 12.9. The summed E-state index contributed by atoms with van der Waals surface area (Å²) in [6.45, 7) is 2.00. The van der Waals surface area contributed by atoms with Crippen molar-refractivity contribution in [1.82, 2.24) is 0 Å². The van der Waals surface area contributed by atoms with E-state index in [2.05, 4.69) is 4.99 Å². The van der Waals surface area contributed by atoms with Crippen molar-refractivity contribution in [1.29, 1.82) is 0 Å². The lowest BCUT2D eigenvalue weighted by atomic mass is 10.2. The normalized spacial score (nSPS) is 12.5. The summed E-state index contributed by atoms with van der Waals surface area (Å²) in [5.74, 6) is -3.18.